The molecule has 1 aromatic heterocycles. The molecular formula is C16H19FN2O4. The molecule has 0 amide bonds. The monoisotopic (exact) mass is 322 g/mol. The Bertz CT molecular complexity index is 658. The fourth-order valence-corrected chi connectivity index (χ4v) is 2.34. The van der Waals surface area contributed by atoms with Crippen LogP contribution >= 0.6 is 0 Å². The number of rotatable bonds is 7. The van der Waals surface area contributed by atoms with Crippen LogP contribution in [0.15, 0.2) is 35.1 Å². The van der Waals surface area contributed by atoms with Crippen molar-refractivity contribution in [1.29, 1.82) is 0 Å². The van der Waals surface area contributed by atoms with E-state index >= 15 is 0 Å². The van der Waals surface area contributed by atoms with Crippen molar-refractivity contribution in [3.05, 3.63) is 47.6 Å². The molecular weight excluding hydrogens is 303 g/mol. The van der Waals surface area contributed by atoms with Gasteiger partial charge in [-0.15, -0.1) is 0 Å². The highest BCUT2D eigenvalue weighted by atomic mass is 19.1. The molecule has 0 saturated heterocycles. The van der Waals surface area contributed by atoms with E-state index in [0.717, 1.165) is 0 Å². The zero-order chi connectivity index (χ0) is 17.0. The number of hydrogen-bond donors (Lipinski definition) is 1. The molecule has 1 aromatic carbocycles. The summed E-state index contributed by atoms with van der Waals surface area (Å²) in [7, 11) is 1.58. The predicted molar refractivity (Wildman–Crippen MR) is 80.5 cm³/mol. The normalized spacial score (nSPS) is 12.6. The summed E-state index contributed by atoms with van der Waals surface area (Å²) in [6.45, 7) is 3.79. The van der Waals surface area contributed by atoms with Crippen LogP contribution in [0.4, 0.5) is 4.39 Å². The molecule has 124 valence electrons. The second-order valence-corrected chi connectivity index (χ2v) is 5.46. The minimum absolute atomic E-state index is 0.000283. The van der Waals surface area contributed by atoms with Crippen molar-refractivity contribution in [1.82, 2.24) is 10.1 Å². The average molecular weight is 322 g/mol. The van der Waals surface area contributed by atoms with Crippen molar-refractivity contribution in [3.63, 3.8) is 0 Å². The van der Waals surface area contributed by atoms with Crippen molar-refractivity contribution in [2.75, 3.05) is 7.05 Å². The first-order chi connectivity index (χ1) is 10.9. The molecule has 2 rings (SSSR count). The molecule has 1 atom stereocenters. The number of aliphatic carboxylic acids is 1. The summed E-state index contributed by atoms with van der Waals surface area (Å²) in [4.78, 5) is 13.2. The third kappa shape index (κ3) is 4.07. The van der Waals surface area contributed by atoms with E-state index in [2.05, 4.69) is 5.16 Å². The Morgan fingerprint density at radius 1 is 1.43 bits per heavy atom. The van der Waals surface area contributed by atoms with Gasteiger partial charge in [0, 0.05) is 12.6 Å². The van der Waals surface area contributed by atoms with Gasteiger partial charge < -0.3 is 14.4 Å². The Morgan fingerprint density at radius 3 is 2.74 bits per heavy atom. The van der Waals surface area contributed by atoms with E-state index in [-0.39, 0.29) is 24.0 Å². The first kappa shape index (κ1) is 17.0. The van der Waals surface area contributed by atoms with Crippen LogP contribution in [-0.2, 0) is 11.3 Å². The Labute approximate surface area is 133 Å². The lowest BCUT2D eigenvalue weighted by molar-refractivity contribution is -0.143. The van der Waals surface area contributed by atoms with E-state index in [4.69, 9.17) is 9.26 Å². The Morgan fingerprint density at radius 2 is 2.17 bits per heavy atom. The molecule has 23 heavy (non-hydrogen) atoms. The second kappa shape index (κ2) is 7.23. The van der Waals surface area contributed by atoms with E-state index in [9.17, 15) is 14.3 Å². The summed E-state index contributed by atoms with van der Waals surface area (Å²) >= 11 is 0. The van der Waals surface area contributed by atoms with Crippen LogP contribution in [-0.4, -0.2) is 34.3 Å². The summed E-state index contributed by atoms with van der Waals surface area (Å²) in [5.41, 5.74) is 0.557. The molecule has 1 N–H and O–H groups in total. The third-order valence-corrected chi connectivity index (χ3v) is 3.23. The van der Waals surface area contributed by atoms with Crippen LogP contribution in [0, 0.1) is 5.82 Å². The molecule has 6 nitrogen and oxygen atoms in total. The lowest BCUT2D eigenvalue weighted by Crippen LogP contribution is -2.32. The van der Waals surface area contributed by atoms with Crippen molar-refractivity contribution in [2.45, 2.75) is 32.5 Å². The molecule has 0 radical (unpaired) electrons. The molecule has 0 aliphatic heterocycles. The Balaban J connectivity index is 2.39. The smallest absolute Gasteiger partial charge is 0.325 e. The van der Waals surface area contributed by atoms with Gasteiger partial charge in [0.05, 0.1) is 17.4 Å². The lowest BCUT2D eigenvalue weighted by atomic mass is 10.0. The number of ether oxygens (including phenoxy) is 1. The molecule has 2 aromatic rings. The van der Waals surface area contributed by atoms with E-state index < -0.39 is 17.8 Å². The van der Waals surface area contributed by atoms with Crippen LogP contribution in [0.5, 0.6) is 5.75 Å². The lowest BCUT2D eigenvalue weighted by Gasteiger charge is -2.26. The number of benzene rings is 1. The Hall–Kier alpha value is -2.41. The number of carboxylic acids is 1. The van der Waals surface area contributed by atoms with Gasteiger partial charge in [-0.1, -0.05) is 11.2 Å². The van der Waals surface area contributed by atoms with E-state index in [1.165, 1.54) is 23.3 Å². The number of likely N-dealkylation sites (N-methyl/N-ethyl adjacent to an activating group) is 1. The topological polar surface area (TPSA) is 75.8 Å². The largest absolute Gasteiger partial charge is 0.491 e. The molecule has 0 spiro atoms. The number of carbonyl (C=O) groups is 1. The molecule has 0 fully saturated rings. The number of halogens is 1. The van der Waals surface area contributed by atoms with Crippen LogP contribution < -0.4 is 4.74 Å². The molecule has 1 heterocycles. The van der Waals surface area contributed by atoms with Gasteiger partial charge >= 0.3 is 5.97 Å². The minimum Gasteiger partial charge on any atom is -0.491 e. The summed E-state index contributed by atoms with van der Waals surface area (Å²) in [6.07, 6.45) is 1.20. The van der Waals surface area contributed by atoms with E-state index in [0.29, 0.717) is 5.69 Å². The zero-order valence-corrected chi connectivity index (χ0v) is 13.2. The van der Waals surface area contributed by atoms with Crippen molar-refractivity contribution < 1.29 is 23.6 Å². The predicted octanol–water partition coefficient (Wildman–Crippen LogP) is 2.86. The van der Waals surface area contributed by atoms with Crippen LogP contribution in [0.2, 0.25) is 0 Å². The number of hydrogen-bond acceptors (Lipinski definition) is 5. The molecule has 0 bridgehead atoms. The molecule has 0 saturated carbocycles. The van der Waals surface area contributed by atoms with Gasteiger partial charge in [0.2, 0.25) is 0 Å². The van der Waals surface area contributed by atoms with Gasteiger partial charge in [-0.25, -0.2) is 4.39 Å². The maximum atomic E-state index is 14.3. The first-order valence-corrected chi connectivity index (χ1v) is 7.17. The zero-order valence-electron chi connectivity index (χ0n) is 13.2. The first-order valence-electron chi connectivity index (χ1n) is 7.17. The van der Waals surface area contributed by atoms with Gasteiger partial charge in [0.15, 0.2) is 0 Å². The molecule has 0 aliphatic rings. The van der Waals surface area contributed by atoms with Crippen LogP contribution in [0.25, 0.3) is 0 Å². The van der Waals surface area contributed by atoms with Gasteiger partial charge in [0.1, 0.15) is 23.9 Å². The third-order valence-electron chi connectivity index (χ3n) is 3.23. The van der Waals surface area contributed by atoms with Gasteiger partial charge in [-0.2, -0.15) is 0 Å². The van der Waals surface area contributed by atoms with Crippen molar-refractivity contribution in [2.24, 2.45) is 0 Å². The average Bonchev–Trinajstić information content (AvgIpc) is 2.94. The number of nitrogens with zero attached hydrogens (tertiary/aromatic N) is 2. The van der Waals surface area contributed by atoms with Crippen molar-refractivity contribution in [3.8, 4) is 5.75 Å². The maximum Gasteiger partial charge on any atom is 0.325 e. The Kier molecular flexibility index (Phi) is 5.33. The highest BCUT2D eigenvalue weighted by Crippen LogP contribution is 2.33. The summed E-state index contributed by atoms with van der Waals surface area (Å²) in [5, 5.41) is 13.4. The SMILES string of the molecule is CC(C)Oc1cccc(F)c1[C@@H](C(=O)O)N(C)Cc1ccon1. The van der Waals surface area contributed by atoms with Crippen LogP contribution in [0.1, 0.15) is 31.1 Å². The highest BCUT2D eigenvalue weighted by molar-refractivity contribution is 5.76. The number of carboxylic acid groups (broad SMARTS) is 1. The standard InChI is InChI=1S/C16H19FN2O4/c1-10(2)23-13-6-4-5-12(17)14(13)15(16(20)21)19(3)9-11-7-8-22-18-11/h4-8,10,15H,9H2,1-3H3,(H,20,21)/t15-/m0/s1. The fourth-order valence-electron chi connectivity index (χ4n) is 2.34. The van der Waals surface area contributed by atoms with Crippen molar-refractivity contribution >= 4 is 5.97 Å². The van der Waals surface area contributed by atoms with Gasteiger partial charge in [-0.05, 0) is 33.0 Å². The second-order valence-electron chi connectivity index (χ2n) is 5.46. The molecule has 0 aliphatic carbocycles. The summed E-state index contributed by atoms with van der Waals surface area (Å²) in [6, 6.07) is 4.71. The highest BCUT2D eigenvalue weighted by Gasteiger charge is 2.31. The van der Waals surface area contributed by atoms with Gasteiger partial charge in [-0.3, -0.25) is 9.69 Å². The van der Waals surface area contributed by atoms with E-state index in [1.807, 2.05) is 0 Å². The van der Waals surface area contributed by atoms with E-state index in [1.54, 1.807) is 33.0 Å². The van der Waals surface area contributed by atoms with Crippen LogP contribution in [0.3, 0.4) is 0 Å². The summed E-state index contributed by atoms with van der Waals surface area (Å²) < 4.78 is 24.7. The minimum atomic E-state index is -1.21. The fraction of sp³-hybridized carbons (Fsp3) is 0.375. The summed E-state index contributed by atoms with van der Waals surface area (Å²) in [5.74, 6) is -1.57. The number of aromatic nitrogens is 1. The molecule has 0 unspecified atom stereocenters. The van der Waals surface area contributed by atoms with Gasteiger partial charge in [0.25, 0.3) is 0 Å². The molecule has 7 heteroatoms. The maximum absolute atomic E-state index is 14.3. The quantitative estimate of drug-likeness (QED) is 0.845.